The Balaban J connectivity index is 1.55. The van der Waals surface area contributed by atoms with Crippen LogP contribution in [-0.4, -0.2) is 40.0 Å². The first kappa shape index (κ1) is 17.0. The van der Waals surface area contributed by atoms with Crippen LogP contribution in [0.2, 0.25) is 0 Å². The third-order valence-corrected chi connectivity index (χ3v) is 4.14. The number of para-hydroxylation sites is 2. The second-order valence-corrected chi connectivity index (χ2v) is 6.11. The molecule has 138 valence electrons. The molecule has 2 aromatic carbocycles. The topological polar surface area (TPSA) is 78.3 Å². The number of hydrogen-bond acceptors (Lipinski definition) is 6. The van der Waals surface area contributed by atoms with Crippen molar-refractivity contribution in [3.63, 3.8) is 0 Å². The van der Waals surface area contributed by atoms with Gasteiger partial charge in [-0.1, -0.05) is 17.3 Å². The average molecular weight is 368 g/mol. The van der Waals surface area contributed by atoms with Gasteiger partial charge in [0.1, 0.15) is 18.5 Å². The van der Waals surface area contributed by atoms with Gasteiger partial charge in [-0.05, 0) is 36.4 Å². The van der Waals surface area contributed by atoms with E-state index >= 15 is 0 Å². The maximum atomic E-state index is 13.2. The van der Waals surface area contributed by atoms with E-state index in [4.69, 9.17) is 9.47 Å². The normalized spacial score (nSPS) is 15.4. The van der Waals surface area contributed by atoms with Crippen molar-refractivity contribution >= 4 is 11.6 Å². The molecule has 0 spiro atoms. The predicted octanol–water partition coefficient (Wildman–Crippen LogP) is 2.86. The van der Waals surface area contributed by atoms with Crippen molar-refractivity contribution in [3.05, 3.63) is 60.0 Å². The first-order valence-corrected chi connectivity index (χ1v) is 8.47. The van der Waals surface area contributed by atoms with Crippen LogP contribution in [0.1, 0.15) is 17.4 Å². The molecular weight excluding hydrogens is 351 g/mol. The van der Waals surface area contributed by atoms with E-state index in [2.05, 4.69) is 15.6 Å². The largest absolute Gasteiger partial charge is 0.486 e. The van der Waals surface area contributed by atoms with E-state index in [1.807, 2.05) is 24.3 Å². The molecule has 1 atom stereocenters. The highest BCUT2D eigenvalue weighted by atomic mass is 19.1. The predicted molar refractivity (Wildman–Crippen MR) is 96.2 cm³/mol. The Kier molecular flexibility index (Phi) is 4.45. The second kappa shape index (κ2) is 7.06. The Morgan fingerprint density at radius 3 is 2.70 bits per heavy atom. The summed E-state index contributed by atoms with van der Waals surface area (Å²) in [7, 11) is 0. The molecule has 1 N–H and O–H groups in total. The van der Waals surface area contributed by atoms with Crippen LogP contribution in [0.25, 0.3) is 5.69 Å². The van der Waals surface area contributed by atoms with Gasteiger partial charge in [-0.15, -0.1) is 5.10 Å². The van der Waals surface area contributed by atoms with E-state index in [1.54, 1.807) is 12.1 Å². The van der Waals surface area contributed by atoms with E-state index in [-0.39, 0.29) is 23.4 Å². The van der Waals surface area contributed by atoms with Crippen LogP contribution >= 0.6 is 0 Å². The zero-order valence-corrected chi connectivity index (χ0v) is 14.6. The van der Waals surface area contributed by atoms with Gasteiger partial charge in [-0.25, -0.2) is 4.39 Å². The number of benzene rings is 2. The zero-order valence-electron chi connectivity index (χ0n) is 14.6. The number of nitrogens with one attached hydrogen (secondary N) is 1. The minimum Gasteiger partial charge on any atom is -0.486 e. The third kappa shape index (κ3) is 3.46. The molecule has 0 saturated carbocycles. The van der Waals surface area contributed by atoms with Gasteiger partial charge in [0.2, 0.25) is 0 Å². The lowest BCUT2D eigenvalue weighted by Gasteiger charge is -2.26. The van der Waals surface area contributed by atoms with Gasteiger partial charge in [0.25, 0.3) is 0 Å². The maximum absolute atomic E-state index is 13.2. The number of Topliss-reactive ketones (excluding diaryl/α,β-unsaturated/α-hetero) is 1. The summed E-state index contributed by atoms with van der Waals surface area (Å²) in [5.74, 6) is 1.23. The minimum absolute atomic E-state index is 0.205. The molecule has 0 radical (unpaired) electrons. The number of rotatable bonds is 5. The molecule has 2 heterocycles. The summed E-state index contributed by atoms with van der Waals surface area (Å²) in [6, 6.07) is 13.2. The lowest BCUT2D eigenvalue weighted by Crippen LogP contribution is -2.35. The van der Waals surface area contributed by atoms with Gasteiger partial charge in [0.05, 0.1) is 12.2 Å². The number of halogens is 1. The van der Waals surface area contributed by atoms with Gasteiger partial charge < -0.3 is 14.8 Å². The van der Waals surface area contributed by atoms with Crippen molar-refractivity contribution in [2.24, 2.45) is 0 Å². The molecule has 0 bridgehead atoms. The number of anilines is 1. The van der Waals surface area contributed by atoms with E-state index in [9.17, 15) is 9.18 Å². The fourth-order valence-corrected chi connectivity index (χ4v) is 2.81. The standard InChI is InChI=1S/C19H17FN4O3/c1-12(25)18-19(24(23-22-18)14-8-6-13(20)7-9-14)21-10-15-11-26-16-4-2-3-5-17(16)27-15/h2-9,15,21H,10-11H2,1H3. The number of carbonyl (C=O) groups excluding carboxylic acids is 1. The van der Waals surface area contributed by atoms with Crippen LogP contribution in [0.4, 0.5) is 10.2 Å². The average Bonchev–Trinajstić information content (AvgIpc) is 3.11. The quantitative estimate of drug-likeness (QED) is 0.698. The van der Waals surface area contributed by atoms with E-state index < -0.39 is 0 Å². The first-order valence-electron chi connectivity index (χ1n) is 8.47. The molecule has 0 fully saturated rings. The molecule has 3 aromatic rings. The van der Waals surface area contributed by atoms with E-state index in [0.717, 1.165) is 0 Å². The zero-order chi connectivity index (χ0) is 18.8. The Labute approximate surface area is 154 Å². The third-order valence-electron chi connectivity index (χ3n) is 4.14. The first-order chi connectivity index (χ1) is 13.1. The second-order valence-electron chi connectivity index (χ2n) is 6.11. The van der Waals surface area contributed by atoms with Crippen LogP contribution in [0, 0.1) is 5.82 Å². The van der Waals surface area contributed by atoms with Crippen molar-refractivity contribution < 1.29 is 18.7 Å². The molecule has 0 aliphatic carbocycles. The van der Waals surface area contributed by atoms with Crippen LogP contribution in [0.3, 0.4) is 0 Å². The lowest BCUT2D eigenvalue weighted by atomic mass is 10.2. The summed E-state index contributed by atoms with van der Waals surface area (Å²) in [6.07, 6.45) is -0.253. The summed E-state index contributed by atoms with van der Waals surface area (Å²) in [5.41, 5.74) is 0.793. The van der Waals surface area contributed by atoms with Crippen LogP contribution in [0.5, 0.6) is 11.5 Å². The Morgan fingerprint density at radius 2 is 1.96 bits per heavy atom. The molecule has 1 aromatic heterocycles. The number of ketones is 1. The molecule has 27 heavy (non-hydrogen) atoms. The fourth-order valence-electron chi connectivity index (χ4n) is 2.81. The Bertz CT molecular complexity index is 971. The van der Waals surface area contributed by atoms with Gasteiger partial charge in [-0.2, -0.15) is 4.68 Å². The van der Waals surface area contributed by atoms with Gasteiger partial charge in [0.15, 0.2) is 28.8 Å². The maximum Gasteiger partial charge on any atom is 0.183 e. The van der Waals surface area contributed by atoms with Crippen LogP contribution in [0.15, 0.2) is 48.5 Å². The summed E-state index contributed by atoms with van der Waals surface area (Å²) in [4.78, 5) is 11.9. The lowest BCUT2D eigenvalue weighted by molar-refractivity contribution is 0.0991. The fraction of sp³-hybridized carbons (Fsp3) is 0.211. The smallest absolute Gasteiger partial charge is 0.183 e. The van der Waals surface area contributed by atoms with Gasteiger partial charge in [0, 0.05) is 6.92 Å². The number of ether oxygens (including phenoxy) is 2. The van der Waals surface area contributed by atoms with Crippen molar-refractivity contribution in [3.8, 4) is 17.2 Å². The summed E-state index contributed by atoms with van der Waals surface area (Å²) < 4.78 is 26.3. The van der Waals surface area contributed by atoms with Crippen molar-refractivity contribution in [1.29, 1.82) is 0 Å². The molecule has 7 nitrogen and oxygen atoms in total. The van der Waals surface area contributed by atoms with E-state index in [0.29, 0.717) is 36.2 Å². The molecule has 1 unspecified atom stereocenters. The van der Waals surface area contributed by atoms with Gasteiger partial charge in [-0.3, -0.25) is 4.79 Å². The number of fused-ring (bicyclic) bond motifs is 1. The van der Waals surface area contributed by atoms with Crippen molar-refractivity contribution in [1.82, 2.24) is 15.0 Å². The molecular formula is C19H17FN4O3. The highest BCUT2D eigenvalue weighted by Gasteiger charge is 2.23. The van der Waals surface area contributed by atoms with Crippen LogP contribution in [-0.2, 0) is 0 Å². The molecule has 4 rings (SSSR count). The monoisotopic (exact) mass is 368 g/mol. The SMILES string of the molecule is CC(=O)c1nnn(-c2ccc(F)cc2)c1NCC1COc2ccccc2O1. The number of nitrogens with zero attached hydrogens (tertiary/aromatic N) is 3. The van der Waals surface area contributed by atoms with Crippen molar-refractivity contribution in [2.45, 2.75) is 13.0 Å². The van der Waals surface area contributed by atoms with Crippen LogP contribution < -0.4 is 14.8 Å². The van der Waals surface area contributed by atoms with E-state index in [1.165, 1.54) is 23.7 Å². The minimum atomic E-state index is -0.355. The Morgan fingerprint density at radius 1 is 1.22 bits per heavy atom. The molecule has 0 saturated heterocycles. The highest BCUT2D eigenvalue weighted by Crippen LogP contribution is 2.31. The summed E-state index contributed by atoms with van der Waals surface area (Å²) in [6.45, 7) is 2.17. The Hall–Kier alpha value is -3.42. The summed E-state index contributed by atoms with van der Waals surface area (Å²) in [5, 5.41) is 11.2. The number of hydrogen-bond donors (Lipinski definition) is 1. The number of aromatic nitrogens is 3. The number of carbonyl (C=O) groups is 1. The summed E-state index contributed by atoms with van der Waals surface area (Å²) >= 11 is 0. The molecule has 1 aliphatic heterocycles. The molecule has 0 amide bonds. The molecule has 1 aliphatic rings. The van der Waals surface area contributed by atoms with Crippen molar-refractivity contribution in [2.75, 3.05) is 18.5 Å². The van der Waals surface area contributed by atoms with Gasteiger partial charge >= 0.3 is 0 Å². The highest BCUT2D eigenvalue weighted by molar-refractivity contribution is 5.96. The molecule has 8 heteroatoms.